The number of nitrogens with one attached hydrogen (secondary N) is 4. The Morgan fingerprint density at radius 3 is 2.21 bits per heavy atom. The van der Waals surface area contributed by atoms with Crippen molar-refractivity contribution in [3.8, 4) is 0 Å². The van der Waals surface area contributed by atoms with Gasteiger partial charge in [0.15, 0.2) is 0 Å². The average Bonchev–Trinajstić information content (AvgIpc) is 3.05. The van der Waals surface area contributed by atoms with Crippen molar-refractivity contribution in [2.75, 3.05) is 6.54 Å². The van der Waals surface area contributed by atoms with Crippen LogP contribution in [-0.4, -0.2) is 47.3 Å². The highest BCUT2D eigenvalue weighted by Gasteiger charge is 2.42. The first kappa shape index (κ1) is 24.3. The summed E-state index contributed by atoms with van der Waals surface area (Å²) in [4.78, 5) is 48.9. The van der Waals surface area contributed by atoms with Gasteiger partial charge in [0.1, 0.15) is 17.1 Å². The maximum absolute atomic E-state index is 12.9. The number of nitrogens with two attached hydrogens (primary N) is 2. The van der Waals surface area contributed by atoms with Gasteiger partial charge in [-0.1, -0.05) is 19.4 Å². The molecule has 0 unspecified atom stereocenters. The molecule has 10 heteroatoms. The third-order valence-electron chi connectivity index (χ3n) is 4.99. The summed E-state index contributed by atoms with van der Waals surface area (Å²) in [6, 6.07) is -0.903. The Labute approximate surface area is 171 Å². The van der Waals surface area contributed by atoms with E-state index in [0.29, 0.717) is 38.0 Å². The molecule has 0 aromatic heterocycles. The lowest BCUT2D eigenvalue weighted by atomic mass is 9.95. The summed E-state index contributed by atoms with van der Waals surface area (Å²) in [6.45, 7) is 8.39. The minimum Gasteiger partial charge on any atom is -0.386 e. The highest BCUT2D eigenvalue weighted by molar-refractivity contribution is 5.96. The van der Waals surface area contributed by atoms with Crippen LogP contribution in [0.25, 0.3) is 0 Å². The van der Waals surface area contributed by atoms with E-state index in [1.165, 1.54) is 6.92 Å². The van der Waals surface area contributed by atoms with Crippen molar-refractivity contribution >= 4 is 23.6 Å². The lowest BCUT2D eigenvalue weighted by Crippen LogP contribution is -2.62. The molecular weight excluding hydrogens is 376 g/mol. The molecule has 164 valence electrons. The Hall–Kier alpha value is -2.78. The molecule has 8 N–H and O–H groups in total. The fraction of sp³-hybridized carbons (Fsp3) is 0.684. The second-order valence-corrected chi connectivity index (χ2v) is 8.07. The van der Waals surface area contributed by atoms with E-state index in [1.54, 1.807) is 13.8 Å². The summed E-state index contributed by atoms with van der Waals surface area (Å²) >= 11 is 0. The lowest BCUT2D eigenvalue weighted by Gasteiger charge is -2.31. The van der Waals surface area contributed by atoms with Crippen molar-refractivity contribution in [2.45, 2.75) is 76.4 Å². The van der Waals surface area contributed by atoms with Gasteiger partial charge < -0.3 is 32.7 Å². The number of carbonyl (C=O) groups is 4. The van der Waals surface area contributed by atoms with Gasteiger partial charge in [-0.2, -0.15) is 0 Å². The molecule has 1 aliphatic carbocycles. The monoisotopic (exact) mass is 410 g/mol. The molecule has 0 saturated heterocycles. The smallest absolute Gasteiger partial charge is 0.245 e. The maximum atomic E-state index is 12.9. The molecule has 1 rings (SSSR count). The van der Waals surface area contributed by atoms with E-state index >= 15 is 0 Å². The second kappa shape index (κ2) is 10.1. The van der Waals surface area contributed by atoms with E-state index < -0.39 is 34.8 Å². The highest BCUT2D eigenvalue weighted by atomic mass is 16.2. The van der Waals surface area contributed by atoms with Crippen LogP contribution < -0.4 is 32.7 Å². The van der Waals surface area contributed by atoms with E-state index in [4.69, 9.17) is 11.5 Å². The van der Waals surface area contributed by atoms with Gasteiger partial charge in [-0.3, -0.25) is 19.2 Å². The molecule has 1 aliphatic rings. The van der Waals surface area contributed by atoms with Crippen LogP contribution in [0.15, 0.2) is 12.4 Å². The van der Waals surface area contributed by atoms with E-state index in [9.17, 15) is 19.2 Å². The topological polar surface area (TPSA) is 168 Å². The van der Waals surface area contributed by atoms with E-state index in [1.807, 2.05) is 0 Å². The number of hydrogen-bond acceptors (Lipinski definition) is 6. The summed E-state index contributed by atoms with van der Waals surface area (Å²) in [7, 11) is 0. The first-order chi connectivity index (χ1) is 13.4. The van der Waals surface area contributed by atoms with Gasteiger partial charge in [0.2, 0.25) is 23.6 Å². The zero-order chi connectivity index (χ0) is 22.2. The van der Waals surface area contributed by atoms with Crippen molar-refractivity contribution in [1.29, 1.82) is 0 Å². The minimum atomic E-state index is -1.21. The Morgan fingerprint density at radius 1 is 1.14 bits per heavy atom. The predicted molar refractivity (Wildman–Crippen MR) is 109 cm³/mol. The summed E-state index contributed by atoms with van der Waals surface area (Å²) < 4.78 is 0. The Morgan fingerprint density at radius 2 is 1.72 bits per heavy atom. The molecule has 0 aliphatic heterocycles. The number of carbonyl (C=O) groups excluding carboxylic acids is 4. The number of amides is 4. The zero-order valence-electron chi connectivity index (χ0n) is 17.5. The van der Waals surface area contributed by atoms with Gasteiger partial charge in [-0.15, -0.1) is 0 Å². The number of primary amides is 1. The average molecular weight is 411 g/mol. The molecule has 1 fully saturated rings. The highest BCUT2D eigenvalue weighted by Crippen LogP contribution is 2.29. The molecule has 0 spiro atoms. The first-order valence-electron chi connectivity index (χ1n) is 9.79. The lowest BCUT2D eigenvalue weighted by molar-refractivity contribution is -0.136. The van der Waals surface area contributed by atoms with Crippen molar-refractivity contribution < 1.29 is 19.2 Å². The van der Waals surface area contributed by atoms with Crippen LogP contribution in [0.3, 0.4) is 0 Å². The molecule has 0 radical (unpaired) electrons. The van der Waals surface area contributed by atoms with Crippen LogP contribution in [0.2, 0.25) is 0 Å². The molecule has 0 heterocycles. The molecule has 1 atom stereocenters. The first-order valence-corrected chi connectivity index (χ1v) is 9.79. The number of rotatable bonds is 11. The quantitative estimate of drug-likeness (QED) is 0.241. The van der Waals surface area contributed by atoms with Gasteiger partial charge in [0.05, 0.1) is 5.82 Å². The summed E-state index contributed by atoms with van der Waals surface area (Å²) in [5, 5.41) is 10.8. The maximum Gasteiger partial charge on any atom is 0.245 e. The molecule has 0 aromatic carbocycles. The van der Waals surface area contributed by atoms with Gasteiger partial charge in [-0.05, 0) is 39.5 Å². The fourth-order valence-corrected chi connectivity index (χ4v) is 3.39. The van der Waals surface area contributed by atoms with Crippen LogP contribution in [0, 0.1) is 0 Å². The van der Waals surface area contributed by atoms with Crippen molar-refractivity contribution in [3.05, 3.63) is 12.4 Å². The molecule has 4 amide bonds. The normalized spacial score (nSPS) is 16.4. The van der Waals surface area contributed by atoms with Crippen molar-refractivity contribution in [2.24, 2.45) is 11.5 Å². The van der Waals surface area contributed by atoms with Crippen LogP contribution in [0.4, 0.5) is 0 Å². The van der Waals surface area contributed by atoms with E-state index in [0.717, 1.165) is 12.8 Å². The fourth-order valence-electron chi connectivity index (χ4n) is 3.39. The third-order valence-corrected chi connectivity index (χ3v) is 4.99. The SMILES string of the molecule is C=C(N)NCCC[C@H](NC(=O)C(C)(C)NC(C)=O)C(=O)NC1(C(N)=O)CCCC1. The van der Waals surface area contributed by atoms with Gasteiger partial charge >= 0.3 is 0 Å². The zero-order valence-corrected chi connectivity index (χ0v) is 17.5. The van der Waals surface area contributed by atoms with Gasteiger partial charge in [0, 0.05) is 13.5 Å². The van der Waals surface area contributed by atoms with Crippen molar-refractivity contribution in [3.63, 3.8) is 0 Å². The Bertz CT molecular complexity index is 655. The van der Waals surface area contributed by atoms with Crippen LogP contribution in [0.5, 0.6) is 0 Å². The van der Waals surface area contributed by atoms with Crippen molar-refractivity contribution in [1.82, 2.24) is 21.3 Å². The molecule has 29 heavy (non-hydrogen) atoms. The molecular formula is C19H34N6O4. The van der Waals surface area contributed by atoms with Crippen LogP contribution in [0.1, 0.15) is 59.3 Å². The molecule has 0 bridgehead atoms. The summed E-state index contributed by atoms with van der Waals surface area (Å²) in [5.41, 5.74) is 8.71. The number of hydrogen-bond donors (Lipinski definition) is 6. The Balaban J connectivity index is 2.90. The van der Waals surface area contributed by atoms with Crippen LogP contribution in [-0.2, 0) is 19.2 Å². The third kappa shape index (κ3) is 7.28. The minimum absolute atomic E-state index is 0.294. The summed E-state index contributed by atoms with van der Waals surface area (Å²) in [6.07, 6.45) is 3.33. The predicted octanol–water partition coefficient (Wildman–Crippen LogP) is -0.900. The standard InChI is InChI=1S/C19H34N6O4/c1-12(20)22-11-7-8-14(23-17(29)18(3,4)24-13(2)26)15(27)25-19(16(21)28)9-5-6-10-19/h14,22H,1,5-11,20H2,2-4H3,(H2,21,28)(H,23,29)(H,24,26)(H,25,27)/t14-/m0/s1. The second-order valence-electron chi connectivity index (χ2n) is 8.07. The van der Waals surface area contributed by atoms with Gasteiger partial charge in [-0.25, -0.2) is 0 Å². The van der Waals surface area contributed by atoms with Crippen LogP contribution >= 0.6 is 0 Å². The van der Waals surface area contributed by atoms with E-state index in [-0.39, 0.29) is 5.91 Å². The summed E-state index contributed by atoms with van der Waals surface area (Å²) in [5.74, 6) is -1.63. The molecule has 10 nitrogen and oxygen atoms in total. The Kier molecular flexibility index (Phi) is 8.47. The van der Waals surface area contributed by atoms with E-state index in [2.05, 4.69) is 27.8 Å². The van der Waals surface area contributed by atoms with Gasteiger partial charge in [0.25, 0.3) is 0 Å². The molecule has 0 aromatic rings. The molecule has 1 saturated carbocycles. The largest absolute Gasteiger partial charge is 0.386 e.